The second-order valence-electron chi connectivity index (χ2n) is 5.89. The molecule has 0 saturated carbocycles. The standard InChI is InChI=1S/C18H27N7O/c1-5-20-18(23-12-16-13(2)24-25(4)14(16)3)22-10-9-21-17(26)15-7-6-8-19-11-15/h6-8,11H,5,9-10,12H2,1-4H3,(H,21,26)(H2,20,22,23). The van der Waals surface area contributed by atoms with Crippen LogP contribution in [0.15, 0.2) is 29.5 Å². The van der Waals surface area contributed by atoms with Crippen molar-refractivity contribution >= 4 is 11.9 Å². The number of rotatable bonds is 7. The molecule has 3 N–H and O–H groups in total. The second-order valence-corrected chi connectivity index (χ2v) is 5.89. The number of nitrogens with zero attached hydrogens (tertiary/aromatic N) is 4. The molecule has 2 heterocycles. The average Bonchev–Trinajstić information content (AvgIpc) is 2.89. The Hall–Kier alpha value is -2.90. The molecule has 0 aliphatic rings. The lowest BCUT2D eigenvalue weighted by molar-refractivity contribution is 0.0954. The third-order valence-corrected chi connectivity index (χ3v) is 4.03. The van der Waals surface area contributed by atoms with E-state index in [1.165, 1.54) is 0 Å². The number of guanidine groups is 1. The Morgan fingerprint density at radius 3 is 2.62 bits per heavy atom. The summed E-state index contributed by atoms with van der Waals surface area (Å²) in [6, 6.07) is 3.48. The predicted molar refractivity (Wildman–Crippen MR) is 102 cm³/mol. The van der Waals surface area contributed by atoms with Gasteiger partial charge in [0.15, 0.2) is 5.96 Å². The zero-order valence-corrected chi connectivity index (χ0v) is 15.8. The lowest BCUT2D eigenvalue weighted by atomic mass is 10.2. The highest BCUT2D eigenvalue weighted by atomic mass is 16.1. The zero-order chi connectivity index (χ0) is 18.9. The fourth-order valence-electron chi connectivity index (χ4n) is 2.50. The molecule has 0 saturated heterocycles. The number of pyridine rings is 1. The van der Waals surface area contributed by atoms with Crippen molar-refractivity contribution in [1.82, 2.24) is 30.7 Å². The normalized spacial score (nSPS) is 11.3. The first-order valence-electron chi connectivity index (χ1n) is 8.72. The van der Waals surface area contributed by atoms with Gasteiger partial charge in [0, 0.05) is 50.3 Å². The topological polar surface area (TPSA) is 96.2 Å². The summed E-state index contributed by atoms with van der Waals surface area (Å²) in [7, 11) is 1.93. The summed E-state index contributed by atoms with van der Waals surface area (Å²) in [5, 5.41) is 13.7. The second kappa shape index (κ2) is 9.55. The van der Waals surface area contributed by atoms with E-state index in [1.807, 2.05) is 32.5 Å². The molecule has 0 atom stereocenters. The molecule has 0 spiro atoms. The van der Waals surface area contributed by atoms with E-state index >= 15 is 0 Å². The number of carbonyl (C=O) groups is 1. The van der Waals surface area contributed by atoms with Crippen molar-refractivity contribution in [2.45, 2.75) is 27.3 Å². The molecule has 0 aliphatic carbocycles. The monoisotopic (exact) mass is 357 g/mol. The minimum atomic E-state index is -0.136. The first kappa shape index (κ1) is 19.4. The van der Waals surface area contributed by atoms with Crippen molar-refractivity contribution < 1.29 is 4.79 Å². The molecule has 2 rings (SSSR count). The van der Waals surface area contributed by atoms with Gasteiger partial charge < -0.3 is 16.0 Å². The van der Waals surface area contributed by atoms with Gasteiger partial charge in [-0.05, 0) is 32.9 Å². The van der Waals surface area contributed by atoms with E-state index in [0.717, 1.165) is 23.5 Å². The molecule has 140 valence electrons. The fraction of sp³-hybridized carbons (Fsp3) is 0.444. The summed E-state index contributed by atoms with van der Waals surface area (Å²) in [6.07, 6.45) is 3.19. The summed E-state index contributed by atoms with van der Waals surface area (Å²) >= 11 is 0. The number of aliphatic imine (C=N–C) groups is 1. The number of carbonyl (C=O) groups excluding carboxylic acids is 1. The van der Waals surface area contributed by atoms with E-state index in [2.05, 4.69) is 31.0 Å². The summed E-state index contributed by atoms with van der Waals surface area (Å²) in [5.41, 5.74) is 3.80. The quantitative estimate of drug-likeness (QED) is 0.389. The summed E-state index contributed by atoms with van der Waals surface area (Å²) in [5.74, 6) is 0.578. The molecule has 2 aromatic rings. The highest BCUT2D eigenvalue weighted by Crippen LogP contribution is 2.12. The van der Waals surface area contributed by atoms with Crippen LogP contribution in [0.3, 0.4) is 0 Å². The van der Waals surface area contributed by atoms with E-state index in [-0.39, 0.29) is 5.91 Å². The lowest BCUT2D eigenvalue weighted by Crippen LogP contribution is -2.41. The highest BCUT2D eigenvalue weighted by molar-refractivity contribution is 5.93. The van der Waals surface area contributed by atoms with Crippen molar-refractivity contribution in [3.63, 3.8) is 0 Å². The van der Waals surface area contributed by atoms with E-state index in [0.29, 0.717) is 31.2 Å². The van der Waals surface area contributed by atoms with Crippen molar-refractivity contribution in [3.8, 4) is 0 Å². The van der Waals surface area contributed by atoms with Gasteiger partial charge >= 0.3 is 0 Å². The first-order chi connectivity index (χ1) is 12.5. The summed E-state index contributed by atoms with van der Waals surface area (Å²) < 4.78 is 1.87. The van der Waals surface area contributed by atoms with Crippen molar-refractivity contribution in [3.05, 3.63) is 47.0 Å². The molecule has 0 radical (unpaired) electrons. The number of aryl methyl sites for hydroxylation is 2. The fourth-order valence-corrected chi connectivity index (χ4v) is 2.50. The van der Waals surface area contributed by atoms with Crippen LogP contribution < -0.4 is 16.0 Å². The van der Waals surface area contributed by atoms with Crippen LogP contribution in [0.2, 0.25) is 0 Å². The minimum absolute atomic E-state index is 0.136. The Morgan fingerprint density at radius 1 is 1.23 bits per heavy atom. The van der Waals surface area contributed by atoms with Crippen molar-refractivity contribution in [2.75, 3.05) is 19.6 Å². The van der Waals surface area contributed by atoms with Crippen LogP contribution in [0, 0.1) is 13.8 Å². The first-order valence-corrected chi connectivity index (χ1v) is 8.72. The van der Waals surface area contributed by atoms with Crippen LogP contribution in [-0.2, 0) is 13.6 Å². The van der Waals surface area contributed by atoms with Gasteiger partial charge in [0.1, 0.15) is 0 Å². The van der Waals surface area contributed by atoms with Crippen LogP contribution in [0.1, 0.15) is 34.2 Å². The Labute approximate surface area is 154 Å². The molecule has 26 heavy (non-hydrogen) atoms. The van der Waals surface area contributed by atoms with E-state index in [1.54, 1.807) is 24.5 Å². The van der Waals surface area contributed by atoms with Gasteiger partial charge in [-0.3, -0.25) is 14.5 Å². The molecule has 2 aromatic heterocycles. The largest absolute Gasteiger partial charge is 0.357 e. The highest BCUT2D eigenvalue weighted by Gasteiger charge is 2.09. The van der Waals surface area contributed by atoms with Crippen LogP contribution in [-0.4, -0.2) is 46.3 Å². The third kappa shape index (κ3) is 5.30. The molecule has 0 fully saturated rings. The minimum Gasteiger partial charge on any atom is -0.357 e. The molecule has 0 unspecified atom stereocenters. The molecule has 0 aliphatic heterocycles. The predicted octanol–water partition coefficient (Wildman–Crippen LogP) is 0.917. The van der Waals surface area contributed by atoms with Crippen molar-refractivity contribution in [1.29, 1.82) is 0 Å². The Bertz CT molecular complexity index is 752. The van der Waals surface area contributed by atoms with Gasteiger partial charge in [0.25, 0.3) is 5.91 Å². The van der Waals surface area contributed by atoms with Gasteiger partial charge in [0.2, 0.25) is 0 Å². The molecular weight excluding hydrogens is 330 g/mol. The Morgan fingerprint density at radius 2 is 2.00 bits per heavy atom. The average molecular weight is 357 g/mol. The summed E-state index contributed by atoms with van der Waals surface area (Å²) in [6.45, 7) is 8.43. The third-order valence-electron chi connectivity index (χ3n) is 4.03. The van der Waals surface area contributed by atoms with Gasteiger partial charge in [-0.1, -0.05) is 0 Å². The van der Waals surface area contributed by atoms with Crippen LogP contribution in [0.25, 0.3) is 0 Å². The smallest absolute Gasteiger partial charge is 0.252 e. The zero-order valence-electron chi connectivity index (χ0n) is 15.8. The number of amides is 1. The van der Waals surface area contributed by atoms with Crippen LogP contribution in [0.4, 0.5) is 0 Å². The number of nitrogens with one attached hydrogen (secondary N) is 3. The molecule has 0 aromatic carbocycles. The molecule has 8 heteroatoms. The van der Waals surface area contributed by atoms with Gasteiger partial charge in [-0.2, -0.15) is 5.10 Å². The molecule has 1 amide bonds. The van der Waals surface area contributed by atoms with Gasteiger partial charge in [0.05, 0.1) is 17.8 Å². The van der Waals surface area contributed by atoms with Crippen molar-refractivity contribution in [2.24, 2.45) is 12.0 Å². The van der Waals surface area contributed by atoms with Crippen LogP contribution in [0.5, 0.6) is 0 Å². The summed E-state index contributed by atoms with van der Waals surface area (Å²) in [4.78, 5) is 20.5. The Balaban J connectivity index is 1.85. The maximum Gasteiger partial charge on any atom is 0.252 e. The number of aromatic nitrogens is 3. The van der Waals surface area contributed by atoms with E-state index in [9.17, 15) is 4.79 Å². The SMILES string of the molecule is CCNC(=NCc1c(C)nn(C)c1C)NCCNC(=O)c1cccnc1. The Kier molecular flexibility index (Phi) is 7.13. The van der Waals surface area contributed by atoms with E-state index < -0.39 is 0 Å². The van der Waals surface area contributed by atoms with Gasteiger partial charge in [-0.25, -0.2) is 4.99 Å². The number of hydrogen-bond acceptors (Lipinski definition) is 4. The van der Waals surface area contributed by atoms with Gasteiger partial charge in [-0.15, -0.1) is 0 Å². The molecule has 8 nitrogen and oxygen atoms in total. The number of hydrogen-bond donors (Lipinski definition) is 3. The van der Waals surface area contributed by atoms with E-state index in [4.69, 9.17) is 0 Å². The van der Waals surface area contributed by atoms with Crippen LogP contribution >= 0.6 is 0 Å². The maximum absolute atomic E-state index is 12.0. The lowest BCUT2D eigenvalue weighted by Gasteiger charge is -2.12. The maximum atomic E-state index is 12.0. The molecule has 0 bridgehead atoms. The molecular formula is C18H27N7O.